The predicted octanol–water partition coefficient (Wildman–Crippen LogP) is 18.2. The van der Waals surface area contributed by atoms with Crippen LogP contribution in [0.5, 0.6) is 0 Å². The number of aliphatic carboxylic acids is 2. The van der Waals surface area contributed by atoms with Crippen molar-refractivity contribution in [1.82, 2.24) is 5.32 Å². The van der Waals surface area contributed by atoms with Crippen LogP contribution in [-0.2, 0) is 9.59 Å². The molecular formula is C57H112N2O4. The van der Waals surface area contributed by atoms with Crippen molar-refractivity contribution >= 4 is 11.9 Å². The number of hydrogen-bond acceptors (Lipinski definition) is 4. The van der Waals surface area contributed by atoms with Gasteiger partial charge in [-0.15, -0.1) is 0 Å². The number of carboxylic acid groups (broad SMARTS) is 2. The van der Waals surface area contributed by atoms with E-state index in [0.717, 1.165) is 38.8 Å². The van der Waals surface area contributed by atoms with E-state index in [1.165, 1.54) is 231 Å². The van der Waals surface area contributed by atoms with Crippen LogP contribution in [0.2, 0.25) is 0 Å². The second kappa shape index (κ2) is 62.2. The van der Waals surface area contributed by atoms with E-state index in [4.69, 9.17) is 15.9 Å². The van der Waals surface area contributed by atoms with Gasteiger partial charge in [-0.2, -0.15) is 0 Å². The molecule has 0 heterocycles. The summed E-state index contributed by atoms with van der Waals surface area (Å²) >= 11 is 0. The van der Waals surface area contributed by atoms with E-state index in [-0.39, 0.29) is 6.04 Å². The zero-order chi connectivity index (χ0) is 46.8. The van der Waals surface area contributed by atoms with Gasteiger partial charge in [-0.3, -0.25) is 9.59 Å². The van der Waals surface area contributed by atoms with Gasteiger partial charge < -0.3 is 21.3 Å². The van der Waals surface area contributed by atoms with Gasteiger partial charge in [-0.05, 0) is 110 Å². The molecule has 0 saturated carbocycles. The summed E-state index contributed by atoms with van der Waals surface area (Å²) in [5, 5.41) is 20.4. The van der Waals surface area contributed by atoms with Crippen LogP contribution in [0, 0.1) is 0 Å². The number of nitrogens with one attached hydrogen (secondary N) is 1. The summed E-state index contributed by atoms with van der Waals surface area (Å²) in [5.41, 5.74) is 5.70. The van der Waals surface area contributed by atoms with Crippen molar-refractivity contribution in [3.63, 3.8) is 0 Å². The summed E-state index contributed by atoms with van der Waals surface area (Å²) in [5.74, 6) is -1.33. The second-order valence-electron chi connectivity index (χ2n) is 18.6. The molecule has 0 amide bonds. The molecule has 0 spiro atoms. The normalized spacial score (nSPS) is 11.9. The molecule has 374 valence electrons. The van der Waals surface area contributed by atoms with Gasteiger partial charge in [0.15, 0.2) is 0 Å². The van der Waals surface area contributed by atoms with Gasteiger partial charge in [0.2, 0.25) is 0 Å². The zero-order valence-corrected chi connectivity index (χ0v) is 42.9. The van der Waals surface area contributed by atoms with E-state index < -0.39 is 11.9 Å². The molecule has 1 unspecified atom stereocenters. The van der Waals surface area contributed by atoms with Crippen molar-refractivity contribution in [3.8, 4) is 0 Å². The molecule has 5 N–H and O–H groups in total. The number of carboxylic acids is 2. The van der Waals surface area contributed by atoms with Crippen LogP contribution >= 0.6 is 0 Å². The third kappa shape index (κ3) is 74.7. The number of carbonyl (C=O) groups is 2. The quantitative estimate of drug-likeness (QED) is 0.0358. The summed E-state index contributed by atoms with van der Waals surface area (Å²) in [6, 6.07) is 0.282. The minimum absolute atomic E-state index is 0.282. The fourth-order valence-corrected chi connectivity index (χ4v) is 7.52. The minimum Gasteiger partial charge on any atom is -0.481 e. The summed E-state index contributed by atoms with van der Waals surface area (Å²) in [4.78, 5) is 20.6. The Morgan fingerprint density at radius 2 is 0.603 bits per heavy atom. The lowest BCUT2D eigenvalue weighted by atomic mass is 10.1. The monoisotopic (exact) mass is 889 g/mol. The van der Waals surface area contributed by atoms with Crippen LogP contribution < -0.4 is 11.1 Å². The van der Waals surface area contributed by atoms with E-state index in [1.54, 1.807) is 0 Å². The highest BCUT2D eigenvalue weighted by Gasteiger charge is 1.98. The lowest BCUT2D eigenvalue weighted by Gasteiger charge is -2.06. The summed E-state index contributed by atoms with van der Waals surface area (Å²) < 4.78 is 0. The maximum absolute atomic E-state index is 10.3. The number of unbranched alkanes of at least 4 members (excludes halogenated alkanes) is 34. The van der Waals surface area contributed by atoms with Gasteiger partial charge in [0.25, 0.3) is 0 Å². The molecule has 0 aliphatic heterocycles. The van der Waals surface area contributed by atoms with Crippen LogP contribution in [0.25, 0.3) is 0 Å². The highest BCUT2D eigenvalue weighted by Crippen LogP contribution is 2.13. The molecule has 0 aliphatic carbocycles. The molecule has 6 heteroatoms. The van der Waals surface area contributed by atoms with Gasteiger partial charge in [0.05, 0.1) is 0 Å². The molecule has 0 aromatic heterocycles. The maximum Gasteiger partial charge on any atom is 0.303 e. The molecule has 0 fully saturated rings. The fourth-order valence-electron chi connectivity index (χ4n) is 7.52. The molecule has 0 bridgehead atoms. The fraction of sp³-hybridized carbons (Fsp3) is 0.860. The lowest BCUT2D eigenvalue weighted by molar-refractivity contribution is -0.138. The summed E-state index contributed by atoms with van der Waals surface area (Å²) in [6.07, 6.45) is 66.5. The highest BCUT2D eigenvalue weighted by atomic mass is 16.4. The Kier molecular flexibility index (Phi) is 64.5. The van der Waals surface area contributed by atoms with Gasteiger partial charge >= 0.3 is 11.9 Å². The Balaban J connectivity index is -0.000000860. The van der Waals surface area contributed by atoms with Crippen molar-refractivity contribution in [2.75, 3.05) is 13.1 Å². The first-order valence-electron chi connectivity index (χ1n) is 27.7. The Morgan fingerprint density at radius 1 is 0.381 bits per heavy atom. The van der Waals surface area contributed by atoms with E-state index in [9.17, 15) is 9.59 Å². The lowest BCUT2D eigenvalue weighted by Crippen LogP contribution is -2.31. The molecule has 0 aromatic carbocycles. The van der Waals surface area contributed by atoms with Crippen LogP contribution in [0.4, 0.5) is 0 Å². The minimum atomic E-state index is -0.664. The third-order valence-electron chi connectivity index (χ3n) is 11.6. The van der Waals surface area contributed by atoms with Crippen molar-refractivity contribution in [2.24, 2.45) is 5.73 Å². The maximum atomic E-state index is 10.3. The average molecular weight is 890 g/mol. The largest absolute Gasteiger partial charge is 0.481 e. The standard InChI is InChI=1S/C21H44N2.2C18H34O2/c1-3-4-5-6-7-8-9-10-11-12-13-14-15-16-17-18-19-23-20-21(2)22;2*1-2-3-4-5-6-7-8-9-10-11-12-13-14-15-16-17-18(19)20/h10-11,21,23H,3-9,12-20,22H2,1-2H3;2*9-10H,2-8,11-17H2,1H3,(H,19,20)/b11-10-;2*10-9-. The molecule has 6 nitrogen and oxygen atoms in total. The molecular weight excluding hydrogens is 777 g/mol. The topological polar surface area (TPSA) is 113 Å². The number of rotatable bonds is 48. The molecule has 63 heavy (non-hydrogen) atoms. The summed E-state index contributed by atoms with van der Waals surface area (Å²) in [7, 11) is 0. The van der Waals surface area contributed by atoms with Gasteiger partial charge in [-0.1, -0.05) is 218 Å². The number of allylic oxidation sites excluding steroid dienone is 6. The molecule has 0 rings (SSSR count). The first kappa shape index (κ1) is 65.4. The molecule has 1 atom stereocenters. The van der Waals surface area contributed by atoms with Gasteiger partial charge in [0, 0.05) is 25.4 Å². The van der Waals surface area contributed by atoms with Crippen molar-refractivity contribution in [1.29, 1.82) is 0 Å². The van der Waals surface area contributed by atoms with Crippen molar-refractivity contribution in [2.45, 2.75) is 303 Å². The highest BCUT2D eigenvalue weighted by molar-refractivity contribution is 5.66. The molecule has 0 aliphatic rings. The van der Waals surface area contributed by atoms with Crippen molar-refractivity contribution in [3.05, 3.63) is 36.5 Å². The van der Waals surface area contributed by atoms with E-state index in [0.29, 0.717) is 12.8 Å². The Hall–Kier alpha value is -1.92. The SMILES string of the molecule is CCCCCCCC/C=C\CCCCCCCC(=O)O.CCCCCCCC/C=C\CCCCCCCC(=O)O.CCCCCCCC/C=C\CCCCCCCCNCC(C)N. The number of hydrogen-bond donors (Lipinski definition) is 4. The third-order valence-corrected chi connectivity index (χ3v) is 11.6. The Bertz CT molecular complexity index is 896. The zero-order valence-electron chi connectivity index (χ0n) is 42.9. The number of nitrogens with two attached hydrogens (primary N) is 1. The Morgan fingerprint density at radius 3 is 0.841 bits per heavy atom. The first-order valence-corrected chi connectivity index (χ1v) is 27.7. The smallest absolute Gasteiger partial charge is 0.303 e. The van der Waals surface area contributed by atoms with E-state index >= 15 is 0 Å². The van der Waals surface area contributed by atoms with Gasteiger partial charge in [-0.25, -0.2) is 0 Å². The molecule has 0 saturated heterocycles. The van der Waals surface area contributed by atoms with Crippen LogP contribution in [0.15, 0.2) is 36.5 Å². The molecule has 0 aromatic rings. The predicted molar refractivity (Wildman–Crippen MR) is 280 cm³/mol. The van der Waals surface area contributed by atoms with E-state index in [1.807, 2.05) is 0 Å². The van der Waals surface area contributed by atoms with Crippen molar-refractivity contribution < 1.29 is 19.8 Å². The molecule has 0 radical (unpaired) electrons. The Labute approximate surface area is 394 Å². The summed E-state index contributed by atoms with van der Waals surface area (Å²) in [6.45, 7) is 10.9. The average Bonchev–Trinajstić information content (AvgIpc) is 3.26. The van der Waals surface area contributed by atoms with Crippen LogP contribution in [0.3, 0.4) is 0 Å². The first-order chi connectivity index (χ1) is 30.8. The second-order valence-corrected chi connectivity index (χ2v) is 18.6. The van der Waals surface area contributed by atoms with E-state index in [2.05, 4.69) is 69.5 Å². The van der Waals surface area contributed by atoms with Crippen LogP contribution in [-0.4, -0.2) is 41.3 Å². The van der Waals surface area contributed by atoms with Gasteiger partial charge in [0.1, 0.15) is 0 Å². The van der Waals surface area contributed by atoms with Crippen LogP contribution in [0.1, 0.15) is 297 Å².